The molecule has 810 valence electrons. The molecule has 22 nitrogen and oxygen atoms in total. The topological polar surface area (TPSA) is 283 Å². The van der Waals surface area contributed by atoms with Gasteiger partial charge in [-0.3, -0.25) is 33.6 Å². The third-order valence-electron chi connectivity index (χ3n) is 23.8. The predicted molar refractivity (Wildman–Crippen MR) is 579 cm³/mol. The van der Waals surface area contributed by atoms with Crippen LogP contribution in [0, 0.1) is 17.8 Å². The predicted octanol–water partition coefficient (Wildman–Crippen LogP) is 30.5. The minimum atomic E-state index is -0.865. The SMILES string of the molecule is CC(C)(C)OC(=O)NCCCC(=O)O.CCCCCCC(CCCC)COC(=O)CCCCCBr.CCCCCCC(CCCC)COC(=O)CCCCCN(CCCCCC(=O)OCC(CCCC)CCCCCC)CCCC(=O)N(CCCC)CCCC.CCCCCCCCC.CCCCN(CCCC)C(=O)CCCN.CCCCN(CCCC)C(=O)CCCNC(=O)OC(C)(C)C. The van der Waals surface area contributed by atoms with Crippen molar-refractivity contribution in [2.75, 3.05) is 104 Å². The number of rotatable bonds is 86. The van der Waals surface area contributed by atoms with Crippen molar-refractivity contribution in [3.8, 4) is 0 Å². The van der Waals surface area contributed by atoms with Gasteiger partial charge in [0.05, 0.1) is 19.8 Å². The van der Waals surface area contributed by atoms with E-state index >= 15 is 0 Å². The van der Waals surface area contributed by atoms with E-state index < -0.39 is 29.4 Å². The molecule has 5 amide bonds. The van der Waals surface area contributed by atoms with E-state index in [1.54, 1.807) is 20.8 Å². The first kappa shape index (κ1) is 142. The number of aliphatic carboxylic acids is 1. The first-order chi connectivity index (χ1) is 65.4. The van der Waals surface area contributed by atoms with Crippen LogP contribution in [0.5, 0.6) is 0 Å². The highest BCUT2D eigenvalue weighted by Crippen LogP contribution is 2.24. The fourth-order valence-electron chi connectivity index (χ4n) is 15.2. The Morgan fingerprint density at radius 2 is 0.522 bits per heavy atom. The lowest BCUT2D eigenvalue weighted by molar-refractivity contribution is -0.146. The molecule has 0 bridgehead atoms. The van der Waals surface area contributed by atoms with E-state index in [1.807, 2.05) is 30.6 Å². The molecule has 0 fully saturated rings. The number of carboxylic acids is 1. The first-order valence-electron chi connectivity index (χ1n) is 56.8. The van der Waals surface area contributed by atoms with Crippen LogP contribution in [0.25, 0.3) is 0 Å². The summed E-state index contributed by atoms with van der Waals surface area (Å²) < 4.78 is 27.1. The highest BCUT2D eigenvalue weighted by atomic mass is 79.9. The Morgan fingerprint density at radius 3 is 0.794 bits per heavy atom. The molecule has 0 aliphatic carbocycles. The van der Waals surface area contributed by atoms with Gasteiger partial charge in [-0.2, -0.15) is 0 Å². The van der Waals surface area contributed by atoms with Crippen LogP contribution < -0.4 is 16.4 Å². The average Bonchev–Trinajstić information content (AvgIpc) is 0.891. The van der Waals surface area contributed by atoms with Crippen molar-refractivity contribution >= 4 is 69.7 Å². The van der Waals surface area contributed by atoms with E-state index in [9.17, 15) is 43.2 Å². The number of alkyl carbamates (subject to hydrolysis) is 2. The maximum Gasteiger partial charge on any atom is 0.407 e. The Morgan fingerprint density at radius 1 is 0.279 bits per heavy atom. The third-order valence-corrected chi connectivity index (χ3v) is 24.4. The molecule has 3 unspecified atom stereocenters. The number of nitrogens with two attached hydrogens (primary N) is 1. The van der Waals surface area contributed by atoms with E-state index in [0.29, 0.717) is 114 Å². The number of esters is 3. The zero-order chi connectivity index (χ0) is 103. The summed E-state index contributed by atoms with van der Waals surface area (Å²) in [5, 5.41) is 14.5. The van der Waals surface area contributed by atoms with Gasteiger partial charge in [0.25, 0.3) is 0 Å². The Hall–Kier alpha value is -4.77. The monoisotopic (exact) mass is 2000 g/mol. The zero-order valence-electron chi connectivity index (χ0n) is 93.0. The Bertz CT molecular complexity index is 2550. The highest BCUT2D eigenvalue weighted by Gasteiger charge is 2.22. The number of nitrogens with one attached hydrogen (secondary N) is 2. The number of hydrogen-bond donors (Lipinski definition) is 4. The van der Waals surface area contributed by atoms with Crippen LogP contribution in [0.15, 0.2) is 0 Å². The van der Waals surface area contributed by atoms with Crippen molar-refractivity contribution in [2.45, 2.75) is 554 Å². The number of carbonyl (C=O) groups is 9. The number of alkyl halides is 1. The lowest BCUT2D eigenvalue weighted by atomic mass is 9.96. The van der Waals surface area contributed by atoms with E-state index in [4.69, 9.17) is 34.5 Å². The summed E-state index contributed by atoms with van der Waals surface area (Å²) in [6.07, 6.45) is 67.0. The molecule has 136 heavy (non-hydrogen) atoms. The summed E-state index contributed by atoms with van der Waals surface area (Å²) in [4.78, 5) is 115. The fraction of sp³-hybridized carbons (Fsp3) is 0.920. The zero-order valence-corrected chi connectivity index (χ0v) is 94.6. The van der Waals surface area contributed by atoms with Gasteiger partial charge in [0.2, 0.25) is 17.7 Å². The van der Waals surface area contributed by atoms with Crippen molar-refractivity contribution in [2.24, 2.45) is 23.5 Å². The smallest absolute Gasteiger partial charge is 0.407 e. The minimum absolute atomic E-state index is 0.000343. The lowest BCUT2D eigenvalue weighted by Crippen LogP contribution is -2.35. The second-order valence-corrected chi connectivity index (χ2v) is 40.9. The summed E-state index contributed by atoms with van der Waals surface area (Å²) in [6, 6.07) is 0. The summed E-state index contributed by atoms with van der Waals surface area (Å²) >= 11 is 3.41. The number of nitrogens with zero attached hydrogens (tertiary/aromatic N) is 4. The molecule has 0 aliphatic heterocycles. The van der Waals surface area contributed by atoms with Crippen LogP contribution in [-0.2, 0) is 57.2 Å². The highest BCUT2D eigenvalue weighted by molar-refractivity contribution is 9.09. The van der Waals surface area contributed by atoms with Gasteiger partial charge < -0.3 is 64.8 Å². The fourth-order valence-corrected chi connectivity index (χ4v) is 15.6. The van der Waals surface area contributed by atoms with Crippen LogP contribution in [-0.4, -0.2) is 193 Å². The Labute approximate surface area is 848 Å². The van der Waals surface area contributed by atoms with Gasteiger partial charge in [0.1, 0.15) is 11.2 Å². The van der Waals surface area contributed by atoms with Crippen LogP contribution in [0.3, 0.4) is 0 Å². The van der Waals surface area contributed by atoms with Crippen molar-refractivity contribution in [1.82, 2.24) is 30.2 Å². The summed E-state index contributed by atoms with van der Waals surface area (Å²) in [7, 11) is 0. The molecule has 0 aromatic rings. The number of unbranched alkanes of at least 4 members (excludes halogenated alkanes) is 30. The molecular formula is C113H226BrN7O15. The number of carbonyl (C=O) groups excluding carboxylic acids is 8. The van der Waals surface area contributed by atoms with Crippen molar-refractivity contribution in [1.29, 1.82) is 0 Å². The number of halogens is 1. The average molecular weight is 2000 g/mol. The number of carboxylic acid groups (broad SMARTS) is 1. The molecule has 23 heteroatoms. The third kappa shape index (κ3) is 111. The first-order valence-corrected chi connectivity index (χ1v) is 57.9. The van der Waals surface area contributed by atoms with Crippen LogP contribution in [0.4, 0.5) is 9.59 Å². The van der Waals surface area contributed by atoms with Crippen LogP contribution >= 0.6 is 15.9 Å². The second-order valence-electron chi connectivity index (χ2n) is 40.1. The second kappa shape index (κ2) is 109. The number of ether oxygens (including phenoxy) is 5. The molecule has 0 aliphatic rings. The normalized spacial score (nSPS) is 11.7. The maximum absolute atomic E-state index is 13.1. The molecule has 0 spiro atoms. The molecule has 0 radical (unpaired) electrons. The molecule has 0 saturated carbocycles. The molecule has 3 atom stereocenters. The van der Waals surface area contributed by atoms with Crippen molar-refractivity contribution < 1.29 is 71.9 Å². The van der Waals surface area contributed by atoms with Crippen molar-refractivity contribution in [3.05, 3.63) is 0 Å². The van der Waals surface area contributed by atoms with Gasteiger partial charge in [0.15, 0.2) is 0 Å². The van der Waals surface area contributed by atoms with Crippen molar-refractivity contribution in [3.63, 3.8) is 0 Å². The molecular weight excluding hydrogens is 1780 g/mol. The number of amides is 5. The van der Waals surface area contributed by atoms with E-state index in [2.05, 4.69) is 133 Å². The number of hydrogen-bond acceptors (Lipinski definition) is 16. The van der Waals surface area contributed by atoms with Crippen LogP contribution in [0.1, 0.15) is 543 Å². The van der Waals surface area contributed by atoms with Crippen LogP contribution in [0.2, 0.25) is 0 Å². The van der Waals surface area contributed by atoms with Gasteiger partial charge in [0, 0.05) is 103 Å². The lowest BCUT2D eigenvalue weighted by Gasteiger charge is -2.25. The molecule has 0 rings (SSSR count). The summed E-state index contributed by atoms with van der Waals surface area (Å²) in [5.41, 5.74) is 4.40. The summed E-state index contributed by atoms with van der Waals surface area (Å²) in [5.74, 6) is 1.41. The Balaban J connectivity index is -0.000000426. The van der Waals surface area contributed by atoms with E-state index in [0.717, 1.165) is 225 Å². The quantitative estimate of drug-likeness (QED) is 0.0190. The van der Waals surface area contributed by atoms with Gasteiger partial charge in [-0.15, -0.1) is 0 Å². The van der Waals surface area contributed by atoms with Gasteiger partial charge in [-0.25, -0.2) is 9.59 Å². The minimum Gasteiger partial charge on any atom is -0.481 e. The molecule has 0 aromatic heterocycles. The van der Waals surface area contributed by atoms with Gasteiger partial charge in [-0.1, -0.05) is 331 Å². The largest absolute Gasteiger partial charge is 0.481 e. The summed E-state index contributed by atoms with van der Waals surface area (Å²) in [6.45, 7) is 53.1. The molecule has 0 heterocycles. The Kier molecular flexibility index (Phi) is 114. The standard InChI is InChI=1S/C48H94N2O5.C18H35BrO2.C17H34N2O3.C12H26N2O.C9H17NO4.C9H20/c1-7-13-19-23-32-44(30-15-9-3)42-54-47(52)35-25-21-27-37-49(39-29-34-46(51)50(40-17-11-5)41-18-12-6)38-28-22-26-36-48(53)55-43-45(31-16-10-4)33-24-20-14-8-2;1-3-5-7-9-13-17(12-6-4-2)16-21-18(20)14-10-8-11-15-19;1-6-8-13-19(14-9-7-2)15(20)11-10-12-18-16(21)22-17(3,4)5;1-3-5-10-14(11-6-4-2)12(15)8-7-9-13;1-9(2,3)14-8(13)10-6-4-5-7(11)12;1-3-5-7-9-8-6-4-2/h44-45H,7-43H2,1-6H3;17H,3-16H2,1-2H3;6-14H2,1-5H3,(H,18,21);3-11,13H2,1-2H3;4-6H2,1-3H3,(H,10,13)(H,11,12);3-9H2,1-2H3. The van der Waals surface area contributed by atoms with Gasteiger partial charge in [-0.05, 0) is 227 Å². The maximum atomic E-state index is 13.1. The molecule has 0 saturated heterocycles. The van der Waals surface area contributed by atoms with Gasteiger partial charge >= 0.3 is 36.1 Å². The van der Waals surface area contributed by atoms with E-state index in [1.165, 1.54) is 186 Å². The van der Waals surface area contributed by atoms with E-state index in [-0.39, 0.29) is 36.1 Å². The molecule has 0 aromatic carbocycles. The molecule has 5 N–H and O–H groups in total.